The van der Waals surface area contributed by atoms with Crippen molar-refractivity contribution < 1.29 is 23.8 Å². The van der Waals surface area contributed by atoms with Crippen LogP contribution in [0.5, 0.6) is 11.5 Å². The van der Waals surface area contributed by atoms with Crippen LogP contribution in [0.15, 0.2) is 42.5 Å². The molecule has 5 aromatic rings. The number of carbonyl (C=O) groups excluding carboxylic acids is 2. The molecule has 10 nitrogen and oxygen atoms in total. The number of hydrogen-bond acceptors (Lipinski definition) is 8. The molecule has 0 radical (unpaired) electrons. The minimum atomic E-state index is -0.451. The molecule has 0 saturated carbocycles. The first kappa shape index (κ1) is 40.2. The zero-order valence-corrected chi connectivity index (χ0v) is 34.7. The number of halogens is 2. The Morgan fingerprint density at radius 1 is 0.927 bits per heavy atom. The Bertz CT molecular complexity index is 2210. The molecule has 2 aromatic heterocycles. The van der Waals surface area contributed by atoms with Crippen LogP contribution in [0.4, 0.5) is 11.4 Å². The van der Waals surface area contributed by atoms with Gasteiger partial charge in [0.1, 0.15) is 24.4 Å². The minimum Gasteiger partial charge on any atom is -0.494 e. The maximum absolute atomic E-state index is 13.4. The highest BCUT2D eigenvalue weighted by Crippen LogP contribution is 2.52. The van der Waals surface area contributed by atoms with Crippen molar-refractivity contribution in [3.8, 4) is 22.6 Å². The van der Waals surface area contributed by atoms with Gasteiger partial charge >= 0.3 is 0 Å². The third kappa shape index (κ3) is 7.69. The molecule has 3 aromatic carbocycles. The number of likely N-dealkylation sites (N-methyl/N-ethyl adjacent to an activating group) is 1. The van der Waals surface area contributed by atoms with E-state index in [-0.39, 0.29) is 12.0 Å². The summed E-state index contributed by atoms with van der Waals surface area (Å²) in [5, 5.41) is 7.00. The molecule has 55 heavy (non-hydrogen) atoms. The van der Waals surface area contributed by atoms with E-state index in [4.69, 9.17) is 42.5 Å². The van der Waals surface area contributed by atoms with E-state index in [1.165, 1.54) is 0 Å². The van der Waals surface area contributed by atoms with Crippen LogP contribution in [0, 0.1) is 27.7 Å². The summed E-state index contributed by atoms with van der Waals surface area (Å²) in [6.07, 6.45) is 3.42. The smallest absolute Gasteiger partial charge is 0.166 e. The van der Waals surface area contributed by atoms with Gasteiger partial charge in [-0.3, -0.25) is 9.48 Å². The van der Waals surface area contributed by atoms with Gasteiger partial charge in [0.25, 0.3) is 0 Å². The van der Waals surface area contributed by atoms with Crippen molar-refractivity contribution in [2.24, 2.45) is 14.1 Å². The second-order valence-corrected chi connectivity index (χ2v) is 15.5. The summed E-state index contributed by atoms with van der Waals surface area (Å²) in [7, 11) is 7.51. The number of ether oxygens (including phenoxy) is 3. The maximum Gasteiger partial charge on any atom is 0.166 e. The van der Waals surface area contributed by atoms with Crippen LogP contribution in [-0.4, -0.2) is 79.5 Å². The summed E-state index contributed by atoms with van der Waals surface area (Å²) >= 11 is 13.6. The van der Waals surface area contributed by atoms with Gasteiger partial charge in [-0.25, -0.2) is 0 Å². The average Bonchev–Trinajstić information content (AvgIpc) is 3.74. The quantitative estimate of drug-likeness (QED) is 0.0725. The van der Waals surface area contributed by atoms with E-state index < -0.39 is 6.04 Å². The lowest BCUT2D eigenvalue weighted by Gasteiger charge is -2.36. The van der Waals surface area contributed by atoms with E-state index in [1.54, 1.807) is 7.11 Å². The Kier molecular flexibility index (Phi) is 12.2. The minimum absolute atomic E-state index is 0.0990. The van der Waals surface area contributed by atoms with E-state index in [0.29, 0.717) is 42.8 Å². The molecule has 0 N–H and O–H groups in total. The highest BCUT2D eigenvalue weighted by Gasteiger charge is 2.43. The van der Waals surface area contributed by atoms with Crippen molar-refractivity contribution in [2.45, 2.75) is 65.5 Å². The van der Waals surface area contributed by atoms with Crippen molar-refractivity contribution in [2.75, 3.05) is 50.3 Å². The Labute approximate surface area is 333 Å². The lowest BCUT2D eigenvalue weighted by molar-refractivity contribution is -0.109. The number of rotatable bonds is 16. The van der Waals surface area contributed by atoms with E-state index in [1.807, 2.05) is 94.5 Å². The topological polar surface area (TPSA) is 91.1 Å². The van der Waals surface area contributed by atoms with E-state index in [2.05, 4.69) is 22.8 Å². The zero-order valence-electron chi connectivity index (χ0n) is 33.2. The Morgan fingerprint density at radius 2 is 1.62 bits per heavy atom. The maximum atomic E-state index is 13.4. The summed E-state index contributed by atoms with van der Waals surface area (Å²) in [4.78, 5) is 29.9. The van der Waals surface area contributed by atoms with Crippen LogP contribution < -0.4 is 19.3 Å². The van der Waals surface area contributed by atoms with Gasteiger partial charge in [0.15, 0.2) is 6.29 Å². The van der Waals surface area contributed by atoms with Gasteiger partial charge in [-0.2, -0.15) is 5.10 Å². The Morgan fingerprint density at radius 3 is 2.25 bits per heavy atom. The van der Waals surface area contributed by atoms with Crippen LogP contribution in [0.3, 0.4) is 0 Å². The third-order valence-electron chi connectivity index (χ3n) is 11.0. The van der Waals surface area contributed by atoms with E-state index >= 15 is 0 Å². The van der Waals surface area contributed by atoms with Gasteiger partial charge in [-0.15, -0.1) is 0 Å². The molecule has 0 bridgehead atoms. The second kappa shape index (κ2) is 16.7. The molecular weight excluding hydrogens is 737 g/mol. The number of carbonyl (C=O) groups is 2. The fourth-order valence-electron chi connectivity index (χ4n) is 8.33. The fourth-order valence-corrected chi connectivity index (χ4v) is 8.69. The summed E-state index contributed by atoms with van der Waals surface area (Å²) < 4.78 is 21.3. The largest absolute Gasteiger partial charge is 0.494 e. The van der Waals surface area contributed by atoms with Gasteiger partial charge in [0.2, 0.25) is 0 Å². The summed E-state index contributed by atoms with van der Waals surface area (Å²) in [6.45, 7) is 12.0. The second-order valence-electron chi connectivity index (χ2n) is 14.7. The number of nitrogens with zero attached hydrogens (tertiary/aromatic N) is 5. The molecule has 12 heteroatoms. The molecule has 3 heterocycles. The van der Waals surface area contributed by atoms with E-state index in [9.17, 15) is 9.59 Å². The summed E-state index contributed by atoms with van der Waals surface area (Å²) in [5.74, 6) is 1.37. The molecule has 0 amide bonds. The van der Waals surface area contributed by atoms with Crippen LogP contribution in [0.2, 0.25) is 10.0 Å². The molecule has 6 rings (SSSR count). The van der Waals surface area contributed by atoms with Crippen LogP contribution in [0.25, 0.3) is 22.0 Å². The van der Waals surface area contributed by atoms with E-state index in [0.717, 1.165) is 97.7 Å². The summed E-state index contributed by atoms with van der Waals surface area (Å²) in [6, 6.07) is 13.2. The fraction of sp³-hybridized carbons (Fsp3) is 0.419. The lowest BCUT2D eigenvalue weighted by Crippen LogP contribution is -2.47. The number of hydrogen-bond donors (Lipinski definition) is 0. The average molecular weight is 789 g/mol. The van der Waals surface area contributed by atoms with Crippen molar-refractivity contribution in [3.63, 3.8) is 0 Å². The molecule has 3 atom stereocenters. The molecule has 0 spiro atoms. The molecule has 0 fully saturated rings. The highest BCUT2D eigenvalue weighted by molar-refractivity contribution is 6.34. The van der Waals surface area contributed by atoms with Crippen LogP contribution in [0.1, 0.15) is 64.2 Å². The number of fused-ring (bicyclic) bond motifs is 2. The first-order valence-corrected chi connectivity index (χ1v) is 19.4. The number of methoxy groups -OCH3 is 1. The zero-order chi connectivity index (χ0) is 39.7. The normalized spacial score (nSPS) is 15.7. The predicted molar refractivity (Wildman–Crippen MR) is 222 cm³/mol. The van der Waals surface area contributed by atoms with Crippen LogP contribution >= 0.6 is 23.2 Å². The monoisotopic (exact) mass is 787 g/mol. The van der Waals surface area contributed by atoms with Gasteiger partial charge in [-0.1, -0.05) is 29.3 Å². The molecule has 292 valence electrons. The van der Waals surface area contributed by atoms with Gasteiger partial charge in [0, 0.05) is 80.1 Å². The SMILES string of the molecule is COCCOc1cc(N(C)C[C@@H](C)N2c3c(ccc(Cl)c3-c3c(C)nn(C)c3C)C(CCCOc3cc(C)c(Cl)c(C)c3)C2C=O)c2c(c1)cc(C=O)n2C. The van der Waals surface area contributed by atoms with Crippen molar-refractivity contribution in [3.05, 3.63) is 86.3 Å². The van der Waals surface area contributed by atoms with Crippen molar-refractivity contribution in [1.29, 1.82) is 0 Å². The number of aryl methyl sites for hydroxylation is 5. The Balaban J connectivity index is 1.38. The van der Waals surface area contributed by atoms with Crippen molar-refractivity contribution in [1.82, 2.24) is 14.3 Å². The summed E-state index contributed by atoms with van der Waals surface area (Å²) in [5.41, 5.74) is 10.1. The highest BCUT2D eigenvalue weighted by atomic mass is 35.5. The molecule has 1 aliphatic heterocycles. The molecular formula is C43H51Cl2N5O5. The standard InChI is InChI=1S/C43H51Cl2N5O5/c1-25-17-32(18-26(2)41(25)45)54-14-10-11-34-35-12-13-36(44)40(39-28(4)46-49(8)29(39)5)43(35)50(38(34)24-52)27(3)22-47(6)37-21-33(55-16-15-53-9)20-30-19-31(23-51)48(7)42(30)37/h12-13,17-21,23-24,27,34,38H,10-11,14-16,22H2,1-9H3/t27-,34?,38?/m1/s1. The number of aromatic nitrogens is 3. The predicted octanol–water partition coefficient (Wildman–Crippen LogP) is 8.81. The Hall–Kier alpha value is -4.51. The third-order valence-corrected chi connectivity index (χ3v) is 11.9. The first-order chi connectivity index (χ1) is 26.3. The van der Waals surface area contributed by atoms with Crippen molar-refractivity contribution >= 4 is 58.1 Å². The molecule has 0 aliphatic carbocycles. The first-order valence-electron chi connectivity index (χ1n) is 18.7. The van der Waals surface area contributed by atoms with Crippen LogP contribution in [-0.2, 0) is 23.6 Å². The van der Waals surface area contributed by atoms with Gasteiger partial charge in [0.05, 0.1) is 52.6 Å². The lowest BCUT2D eigenvalue weighted by atomic mass is 9.89. The van der Waals surface area contributed by atoms with Gasteiger partial charge in [-0.05, 0) is 94.5 Å². The number of aldehydes is 2. The number of anilines is 2. The molecule has 2 unspecified atom stereocenters. The van der Waals surface area contributed by atoms with Gasteiger partial charge < -0.3 is 33.4 Å². The molecule has 1 aliphatic rings. The number of benzene rings is 3. The molecule has 0 saturated heterocycles.